The highest BCUT2D eigenvalue weighted by Gasteiger charge is 2.53. The molecule has 0 radical (unpaired) electrons. The van der Waals surface area contributed by atoms with Crippen molar-refractivity contribution in [2.24, 2.45) is 62.5 Å². The first-order valence-corrected chi connectivity index (χ1v) is 34.4. The lowest BCUT2D eigenvalue weighted by atomic mass is 9.78. The van der Waals surface area contributed by atoms with Gasteiger partial charge in [0, 0.05) is 63.0 Å². The third-order valence-corrected chi connectivity index (χ3v) is 20.4. The Hall–Kier alpha value is -8.51. The van der Waals surface area contributed by atoms with E-state index in [9.17, 15) is 24.6 Å². The maximum atomic E-state index is 14.3. The quantitative estimate of drug-likeness (QED) is 0.0685. The normalized spacial score (nSPS) is 26.2. The average molecular weight is 1290 g/mol. The van der Waals surface area contributed by atoms with Crippen LogP contribution in [-0.4, -0.2) is 29.3 Å². The van der Waals surface area contributed by atoms with Crippen molar-refractivity contribution < 1.29 is 19.2 Å². The van der Waals surface area contributed by atoms with Gasteiger partial charge in [-0.05, 0) is 169 Å². The van der Waals surface area contributed by atoms with Crippen molar-refractivity contribution in [3.8, 4) is 0 Å². The zero-order chi connectivity index (χ0) is 70.8. The molecule has 4 aromatic rings. The summed E-state index contributed by atoms with van der Waals surface area (Å²) in [5, 5.41) is 23.3. The molecule has 4 saturated carbocycles. The van der Waals surface area contributed by atoms with Crippen LogP contribution < -0.4 is 38.5 Å². The Bertz CT molecular complexity index is 3940. The molecule has 5 aliphatic rings. The number of hydrogen-bond donors (Lipinski definition) is 8. The largest absolute Gasteiger partial charge is 0.398 e. The number of amides is 4. The number of nitrogens with two attached hydrogens (primary N) is 3. The lowest BCUT2D eigenvalue weighted by Gasteiger charge is -2.26. The molecule has 0 aliphatic heterocycles. The first-order valence-electron chi connectivity index (χ1n) is 34.4. The Morgan fingerprint density at radius 1 is 0.427 bits per heavy atom. The molecule has 0 saturated heterocycles. The van der Waals surface area contributed by atoms with Crippen LogP contribution in [0, 0.1) is 50.7 Å². The molecule has 11 N–H and O–H groups in total. The van der Waals surface area contributed by atoms with E-state index in [0.717, 1.165) is 70.2 Å². The van der Waals surface area contributed by atoms with Crippen LogP contribution in [-0.2, 0) is 40.8 Å². The second-order valence-electron chi connectivity index (χ2n) is 34.7. The molecular formula is C84H108N8O4. The minimum atomic E-state index is -0.228. The van der Waals surface area contributed by atoms with E-state index in [1.165, 1.54) is 0 Å². The van der Waals surface area contributed by atoms with Crippen LogP contribution in [0.5, 0.6) is 0 Å². The van der Waals surface area contributed by atoms with Gasteiger partial charge < -0.3 is 43.9 Å². The van der Waals surface area contributed by atoms with E-state index in [2.05, 4.69) is 196 Å². The van der Waals surface area contributed by atoms with Crippen molar-refractivity contribution >= 4 is 74.4 Å². The fourth-order valence-electron chi connectivity index (χ4n) is 12.8. The predicted molar refractivity (Wildman–Crippen MR) is 402 cm³/mol. The van der Waals surface area contributed by atoms with E-state index in [1.54, 1.807) is 18.2 Å². The molecule has 4 fully saturated rings. The minimum absolute atomic E-state index is 0.0269. The molecule has 5 aliphatic carbocycles. The summed E-state index contributed by atoms with van der Waals surface area (Å²) in [6, 6.07) is 24.4. The average Bonchev–Trinajstić information content (AvgIpc) is 1.52. The molecule has 0 bridgehead atoms. The van der Waals surface area contributed by atoms with E-state index in [-0.39, 0.29) is 108 Å². The number of allylic oxidation sites excluding steroid dienone is 15. The molecule has 508 valence electrons. The predicted octanol–water partition coefficient (Wildman–Crippen LogP) is 18.5. The third kappa shape index (κ3) is 16.6. The van der Waals surface area contributed by atoms with Gasteiger partial charge >= 0.3 is 0 Å². The van der Waals surface area contributed by atoms with Crippen molar-refractivity contribution in [2.45, 2.75) is 192 Å². The van der Waals surface area contributed by atoms with Gasteiger partial charge in [0.15, 0.2) is 0 Å². The lowest BCUT2D eigenvalue weighted by Crippen LogP contribution is -2.21. The molecular weight excluding hydrogens is 1180 g/mol. The molecule has 4 amide bonds. The van der Waals surface area contributed by atoms with Crippen LogP contribution in [0.4, 0.5) is 22.7 Å². The Morgan fingerprint density at radius 2 is 0.750 bits per heavy atom. The summed E-state index contributed by atoms with van der Waals surface area (Å²) in [6.07, 6.45) is 24.0. The third-order valence-electron chi connectivity index (χ3n) is 20.4. The summed E-state index contributed by atoms with van der Waals surface area (Å²) >= 11 is 0. The van der Waals surface area contributed by atoms with E-state index in [1.807, 2.05) is 85.0 Å². The van der Waals surface area contributed by atoms with Gasteiger partial charge in [0.05, 0.1) is 28.5 Å². The van der Waals surface area contributed by atoms with Crippen molar-refractivity contribution in [1.82, 2.24) is 0 Å². The molecule has 12 nitrogen and oxygen atoms in total. The summed E-state index contributed by atoms with van der Waals surface area (Å²) in [5.41, 5.74) is 33.3. The Kier molecular flexibility index (Phi) is 19.5. The monoisotopic (exact) mass is 1290 g/mol. The number of anilines is 4. The first kappa shape index (κ1) is 71.8. The van der Waals surface area contributed by atoms with Gasteiger partial charge in [0.25, 0.3) is 0 Å². The van der Waals surface area contributed by atoms with Crippen LogP contribution in [0.2, 0.25) is 0 Å². The van der Waals surface area contributed by atoms with Crippen molar-refractivity contribution in [2.75, 3.05) is 21.3 Å². The summed E-state index contributed by atoms with van der Waals surface area (Å²) in [4.78, 5) is 57.1. The molecule has 9 rings (SSSR count). The van der Waals surface area contributed by atoms with Gasteiger partial charge in [-0.3, -0.25) is 19.2 Å². The molecule has 12 heteroatoms. The molecule has 4 aromatic carbocycles. The van der Waals surface area contributed by atoms with E-state index < -0.39 is 0 Å². The summed E-state index contributed by atoms with van der Waals surface area (Å²) in [6.45, 7) is 43.1. The Labute approximate surface area is 573 Å². The van der Waals surface area contributed by atoms with Gasteiger partial charge in [0.1, 0.15) is 0 Å². The molecule has 0 aromatic heterocycles. The van der Waals surface area contributed by atoms with E-state index >= 15 is 0 Å². The SMILES string of the molecule is CC(C)(C)c1cc(C2=C\C=C/C(=N)/C(c3c(NC(=O)[C@H]4CC4(C)C)cccc3NC(=O)[C@H]3CC3(C)C)=C(N)/C=C\C=C(/c3cc(C(C)(C)C)cc(C(C)(C)C)c3)C/C=C\C(N)=C(c3c(NC(=O)[C@H]4CC4(C)C)cccc3NC(=O)[C@H]3CC3(C)C)\C(N)=C\C=C\2)cc(C(C)(C)C)c1. The second-order valence-corrected chi connectivity index (χ2v) is 34.7. The maximum absolute atomic E-state index is 14.3. The van der Waals surface area contributed by atoms with Crippen LogP contribution in [0.1, 0.15) is 215 Å². The lowest BCUT2D eigenvalue weighted by molar-refractivity contribution is -0.118. The van der Waals surface area contributed by atoms with Crippen LogP contribution in [0.25, 0.3) is 22.3 Å². The highest BCUT2D eigenvalue weighted by Crippen LogP contribution is 2.55. The highest BCUT2D eigenvalue weighted by atomic mass is 16.2. The Morgan fingerprint density at radius 3 is 1.10 bits per heavy atom. The fraction of sp³-hybridized carbons (Fsp3) is 0.440. The van der Waals surface area contributed by atoms with Crippen molar-refractivity contribution in [3.05, 3.63) is 201 Å². The second kappa shape index (κ2) is 26.1. The number of rotatable bonds is 12. The minimum Gasteiger partial charge on any atom is -0.398 e. The molecule has 96 heavy (non-hydrogen) atoms. The molecule has 0 heterocycles. The van der Waals surface area contributed by atoms with E-state index in [0.29, 0.717) is 57.1 Å². The summed E-state index contributed by atoms with van der Waals surface area (Å²) in [7, 11) is 0. The van der Waals surface area contributed by atoms with Gasteiger partial charge in [-0.25, -0.2) is 0 Å². The number of hydrogen-bond acceptors (Lipinski definition) is 8. The van der Waals surface area contributed by atoms with Gasteiger partial charge in [0.2, 0.25) is 23.6 Å². The van der Waals surface area contributed by atoms with Crippen molar-refractivity contribution in [3.63, 3.8) is 0 Å². The van der Waals surface area contributed by atoms with Crippen LogP contribution in [0.3, 0.4) is 0 Å². The molecule has 0 spiro atoms. The summed E-state index contributed by atoms with van der Waals surface area (Å²) in [5.74, 6) is -1.43. The summed E-state index contributed by atoms with van der Waals surface area (Å²) < 4.78 is 0. The molecule has 4 atom stereocenters. The van der Waals surface area contributed by atoms with E-state index in [4.69, 9.17) is 17.2 Å². The first-order chi connectivity index (χ1) is 44.4. The van der Waals surface area contributed by atoms with Crippen LogP contribution in [0.15, 0.2) is 157 Å². The van der Waals surface area contributed by atoms with Crippen molar-refractivity contribution in [1.29, 1.82) is 5.41 Å². The highest BCUT2D eigenvalue weighted by molar-refractivity contribution is 6.31. The zero-order valence-corrected chi connectivity index (χ0v) is 61.0. The smallest absolute Gasteiger partial charge is 0.228 e. The number of nitrogens with one attached hydrogen (secondary N) is 5. The number of carbonyl (C=O) groups is 4. The van der Waals surface area contributed by atoms with Gasteiger partial charge in [-0.15, -0.1) is 0 Å². The number of carbonyl (C=O) groups excluding carboxylic acids is 4. The topological polar surface area (TPSA) is 218 Å². The maximum Gasteiger partial charge on any atom is 0.228 e. The number of benzene rings is 4. The van der Waals surface area contributed by atoms with Crippen LogP contribution >= 0.6 is 0 Å². The van der Waals surface area contributed by atoms with Gasteiger partial charge in [-0.1, -0.05) is 230 Å². The fourth-order valence-corrected chi connectivity index (χ4v) is 12.8. The standard InChI is InChI=1S/C84H108N8O4/c1-77(2,3)53-39-51(40-54(43-53)78(4,5)6)49-27-21-31-61(85)69(71-65(89-73(93)57-45-81(57,13)14)35-25-36-66(71)90-74(94)58-46-82(58,15)16)63(87)33-23-29-50(52-41-55(79(7,8)9)44-56(42-52)80(10,11)12)30-24-34-64(88)70(62(86)32-22-28-49)72-67(91-75(95)59-47-83(59,17)18)37-26-38-68(72)92-76(96)60-48-84(60,19)20/h21-29,31-44,57-60,85H,30,45-48,86-88H2,1-20H3,(H,89,93)(H,90,94)(H,91,95)(H,92,96)/b28-22+,31-21-,33-23-,34-24-,49-27-,50-29-,62-32-,69-63+,70-64+,85-61?/t57-,58-,59-,60-/m1/s1. The molecule has 0 unspecified atom stereocenters. The zero-order valence-electron chi connectivity index (χ0n) is 61.0. The van der Waals surface area contributed by atoms with Gasteiger partial charge in [-0.2, -0.15) is 0 Å². The Balaban J connectivity index is 1.33.